The number of thioether (sulfide) groups is 1. The van der Waals surface area contributed by atoms with Gasteiger partial charge in [0.1, 0.15) is 5.69 Å². The third-order valence-electron chi connectivity index (χ3n) is 2.70. The first-order chi connectivity index (χ1) is 8.76. The fourth-order valence-electron chi connectivity index (χ4n) is 1.35. The number of carbonyl (C=O) groups is 1. The molecule has 0 aliphatic rings. The fourth-order valence-corrected chi connectivity index (χ4v) is 1.56. The highest BCUT2D eigenvalue weighted by Crippen LogP contribution is 2.28. The maximum absolute atomic E-state index is 11.0. The van der Waals surface area contributed by atoms with E-state index in [1.165, 1.54) is 12.1 Å². The number of nitro groups is 1. The zero-order valence-electron chi connectivity index (χ0n) is 11.0. The quantitative estimate of drug-likeness (QED) is 0.616. The summed E-state index contributed by atoms with van der Waals surface area (Å²) in [5.41, 5.74) is 0.00954. The Balaban J connectivity index is 3.01. The number of hydrogen-bond acceptors (Lipinski definition) is 5. The molecule has 0 aromatic heterocycles. The molecule has 1 rings (SSSR count). The van der Waals surface area contributed by atoms with E-state index in [2.05, 4.69) is 5.32 Å². The first-order valence-corrected chi connectivity index (χ1v) is 6.80. The van der Waals surface area contributed by atoms with Crippen molar-refractivity contribution in [2.75, 3.05) is 18.1 Å². The Morgan fingerprint density at radius 3 is 2.63 bits per heavy atom. The molecule has 1 aromatic carbocycles. The number of nitrogens with zero attached hydrogens (tertiary/aromatic N) is 1. The first-order valence-electron chi connectivity index (χ1n) is 5.57. The van der Waals surface area contributed by atoms with Gasteiger partial charge in [-0.15, -0.1) is 0 Å². The van der Waals surface area contributed by atoms with Crippen molar-refractivity contribution in [3.63, 3.8) is 0 Å². The first kappa shape index (κ1) is 15.3. The van der Waals surface area contributed by atoms with Crippen LogP contribution in [0.25, 0.3) is 0 Å². The third kappa shape index (κ3) is 4.13. The van der Waals surface area contributed by atoms with Crippen LogP contribution in [0.5, 0.6) is 0 Å². The Hall–Kier alpha value is -1.76. The van der Waals surface area contributed by atoms with Crippen LogP contribution in [0.15, 0.2) is 18.2 Å². The van der Waals surface area contributed by atoms with Gasteiger partial charge in [0.25, 0.3) is 5.69 Å². The monoisotopic (exact) mass is 284 g/mol. The van der Waals surface area contributed by atoms with Gasteiger partial charge in [-0.25, -0.2) is 4.79 Å². The summed E-state index contributed by atoms with van der Waals surface area (Å²) in [6.45, 7) is 4.58. The predicted molar refractivity (Wildman–Crippen MR) is 76.1 cm³/mol. The Bertz CT molecular complexity index is 503. The molecule has 19 heavy (non-hydrogen) atoms. The largest absolute Gasteiger partial charge is 0.478 e. The molecule has 0 saturated carbocycles. The Morgan fingerprint density at radius 1 is 1.53 bits per heavy atom. The van der Waals surface area contributed by atoms with Gasteiger partial charge in [0.2, 0.25) is 0 Å². The van der Waals surface area contributed by atoms with Crippen molar-refractivity contribution in [3.8, 4) is 0 Å². The van der Waals surface area contributed by atoms with E-state index in [9.17, 15) is 14.9 Å². The smallest absolute Gasteiger partial charge is 0.335 e. The minimum atomic E-state index is -1.18. The fraction of sp³-hybridized carbons (Fsp3) is 0.417. The SMILES string of the molecule is CSC(C)(C)CNc1ccc(C(=O)O)cc1[N+](=O)[O-]. The summed E-state index contributed by atoms with van der Waals surface area (Å²) in [4.78, 5) is 21.2. The van der Waals surface area contributed by atoms with Gasteiger partial charge in [0.05, 0.1) is 10.5 Å². The van der Waals surface area contributed by atoms with E-state index in [0.29, 0.717) is 12.2 Å². The molecule has 0 atom stereocenters. The lowest BCUT2D eigenvalue weighted by Crippen LogP contribution is -2.26. The van der Waals surface area contributed by atoms with Gasteiger partial charge in [0, 0.05) is 17.4 Å². The van der Waals surface area contributed by atoms with Crippen molar-refractivity contribution < 1.29 is 14.8 Å². The molecule has 0 spiro atoms. The highest BCUT2D eigenvalue weighted by Gasteiger charge is 2.20. The molecule has 0 fully saturated rings. The molecule has 0 radical (unpaired) electrons. The minimum Gasteiger partial charge on any atom is -0.478 e. The van der Waals surface area contributed by atoms with Crippen LogP contribution >= 0.6 is 11.8 Å². The van der Waals surface area contributed by atoms with Crippen molar-refractivity contribution in [3.05, 3.63) is 33.9 Å². The lowest BCUT2D eigenvalue weighted by molar-refractivity contribution is -0.384. The summed E-state index contributed by atoms with van der Waals surface area (Å²) in [6.07, 6.45) is 1.96. The number of anilines is 1. The molecule has 2 N–H and O–H groups in total. The minimum absolute atomic E-state index is 0.0701. The van der Waals surface area contributed by atoms with Crippen LogP contribution in [0.3, 0.4) is 0 Å². The van der Waals surface area contributed by atoms with Gasteiger partial charge in [0.15, 0.2) is 0 Å². The summed E-state index contributed by atoms with van der Waals surface area (Å²) in [6, 6.07) is 3.85. The van der Waals surface area contributed by atoms with E-state index < -0.39 is 10.9 Å². The van der Waals surface area contributed by atoms with E-state index >= 15 is 0 Å². The average molecular weight is 284 g/mol. The number of nitrogens with one attached hydrogen (secondary N) is 1. The second kappa shape index (κ2) is 5.92. The average Bonchev–Trinajstić information content (AvgIpc) is 2.36. The third-order valence-corrected chi connectivity index (χ3v) is 3.95. The Kier molecular flexibility index (Phi) is 4.77. The predicted octanol–water partition coefficient (Wildman–Crippen LogP) is 2.85. The van der Waals surface area contributed by atoms with Gasteiger partial charge in [-0.2, -0.15) is 11.8 Å². The van der Waals surface area contributed by atoms with Crippen LogP contribution in [-0.2, 0) is 0 Å². The van der Waals surface area contributed by atoms with Crippen LogP contribution in [0, 0.1) is 10.1 Å². The van der Waals surface area contributed by atoms with Gasteiger partial charge < -0.3 is 10.4 Å². The topological polar surface area (TPSA) is 92.5 Å². The number of benzene rings is 1. The maximum Gasteiger partial charge on any atom is 0.335 e. The molecule has 104 valence electrons. The van der Waals surface area contributed by atoms with Crippen LogP contribution in [0.2, 0.25) is 0 Å². The zero-order chi connectivity index (χ0) is 14.6. The summed E-state index contributed by atoms with van der Waals surface area (Å²) in [5, 5.41) is 22.8. The van der Waals surface area contributed by atoms with Crippen LogP contribution in [0.4, 0.5) is 11.4 Å². The molecule has 0 aliphatic heterocycles. The Morgan fingerprint density at radius 2 is 2.16 bits per heavy atom. The van der Waals surface area contributed by atoms with Crippen molar-refractivity contribution in [2.24, 2.45) is 0 Å². The normalized spacial score (nSPS) is 11.1. The molecule has 0 bridgehead atoms. The number of hydrogen-bond donors (Lipinski definition) is 2. The highest BCUT2D eigenvalue weighted by molar-refractivity contribution is 7.99. The number of rotatable bonds is 6. The molecule has 0 heterocycles. The molecule has 6 nitrogen and oxygen atoms in total. The summed E-state index contributed by atoms with van der Waals surface area (Å²) >= 11 is 1.64. The number of nitro benzene ring substituents is 1. The van der Waals surface area contributed by atoms with Crippen molar-refractivity contribution in [1.29, 1.82) is 0 Å². The van der Waals surface area contributed by atoms with Gasteiger partial charge >= 0.3 is 5.97 Å². The number of carboxylic acid groups (broad SMARTS) is 1. The second-order valence-electron chi connectivity index (χ2n) is 4.61. The molecule has 7 heteroatoms. The van der Waals surface area contributed by atoms with Crippen LogP contribution < -0.4 is 5.32 Å². The van der Waals surface area contributed by atoms with Crippen LogP contribution in [-0.4, -0.2) is 33.5 Å². The molecule has 0 amide bonds. The molecule has 0 aliphatic carbocycles. The summed E-state index contributed by atoms with van der Waals surface area (Å²) in [5.74, 6) is -1.18. The standard InChI is InChI=1S/C12H16N2O4S/c1-12(2,19-3)7-13-9-5-4-8(11(15)16)6-10(9)14(17)18/h4-6,13H,7H2,1-3H3,(H,15,16). The summed E-state index contributed by atoms with van der Waals surface area (Å²) < 4.78 is -0.0701. The van der Waals surface area contributed by atoms with Crippen molar-refractivity contribution in [1.82, 2.24) is 0 Å². The van der Waals surface area contributed by atoms with Crippen molar-refractivity contribution in [2.45, 2.75) is 18.6 Å². The lowest BCUT2D eigenvalue weighted by Gasteiger charge is -2.22. The van der Waals surface area contributed by atoms with E-state index in [4.69, 9.17) is 5.11 Å². The highest BCUT2D eigenvalue weighted by atomic mass is 32.2. The van der Waals surface area contributed by atoms with E-state index in [1.54, 1.807) is 11.8 Å². The molecule has 0 saturated heterocycles. The molecule has 0 unspecified atom stereocenters. The molecule has 1 aromatic rings. The lowest BCUT2D eigenvalue weighted by atomic mass is 10.1. The maximum atomic E-state index is 11.0. The summed E-state index contributed by atoms with van der Waals surface area (Å²) in [7, 11) is 0. The number of aromatic carboxylic acids is 1. The van der Waals surface area contributed by atoms with Crippen LogP contribution in [0.1, 0.15) is 24.2 Å². The van der Waals surface area contributed by atoms with Crippen molar-refractivity contribution >= 4 is 29.1 Å². The zero-order valence-corrected chi connectivity index (χ0v) is 11.8. The van der Waals surface area contributed by atoms with E-state index in [0.717, 1.165) is 6.07 Å². The van der Waals surface area contributed by atoms with Gasteiger partial charge in [-0.05, 0) is 32.2 Å². The van der Waals surface area contributed by atoms with E-state index in [1.807, 2.05) is 20.1 Å². The molecular weight excluding hydrogens is 268 g/mol. The van der Waals surface area contributed by atoms with Gasteiger partial charge in [-0.1, -0.05) is 0 Å². The van der Waals surface area contributed by atoms with E-state index in [-0.39, 0.29) is 16.0 Å². The number of carboxylic acids is 1. The molecular formula is C12H16N2O4S. The second-order valence-corrected chi connectivity index (χ2v) is 6.12. The Labute approximate surface area is 115 Å². The van der Waals surface area contributed by atoms with Gasteiger partial charge in [-0.3, -0.25) is 10.1 Å².